The van der Waals surface area contributed by atoms with Crippen LogP contribution in [0.2, 0.25) is 0 Å². The zero-order chi connectivity index (χ0) is 15.4. The summed E-state index contributed by atoms with van der Waals surface area (Å²) < 4.78 is 12.9. The number of benzene rings is 2. The van der Waals surface area contributed by atoms with Crippen molar-refractivity contribution < 1.29 is 4.39 Å². The lowest BCUT2D eigenvalue weighted by Crippen LogP contribution is -1.90. The highest BCUT2D eigenvalue weighted by molar-refractivity contribution is 7.98. The van der Waals surface area contributed by atoms with Crippen molar-refractivity contribution in [2.45, 2.75) is 17.7 Å². The molecule has 0 aliphatic carbocycles. The average Bonchev–Trinajstić information content (AvgIpc) is 2.56. The van der Waals surface area contributed by atoms with Gasteiger partial charge in [0.2, 0.25) is 0 Å². The third-order valence-corrected chi connectivity index (χ3v) is 4.28. The third kappa shape index (κ3) is 3.71. The van der Waals surface area contributed by atoms with Gasteiger partial charge in [-0.2, -0.15) is 0 Å². The molecule has 0 bridgehead atoms. The maximum Gasteiger partial charge on any atom is 0.123 e. The van der Waals surface area contributed by atoms with Gasteiger partial charge in [0.25, 0.3) is 0 Å². The van der Waals surface area contributed by atoms with E-state index >= 15 is 0 Å². The normalized spacial score (nSPS) is 10.6. The molecule has 1 aromatic heterocycles. The Kier molecular flexibility index (Phi) is 4.49. The van der Waals surface area contributed by atoms with Gasteiger partial charge in [-0.25, -0.2) is 4.39 Å². The second kappa shape index (κ2) is 6.71. The van der Waals surface area contributed by atoms with Gasteiger partial charge in [-0.3, -0.25) is 0 Å². The summed E-state index contributed by atoms with van der Waals surface area (Å²) in [6, 6.07) is 18.7. The summed E-state index contributed by atoms with van der Waals surface area (Å²) in [5, 5.41) is 9.38. The number of thioether (sulfide) groups is 1. The molecule has 0 saturated carbocycles. The Morgan fingerprint density at radius 3 is 2.23 bits per heavy atom. The summed E-state index contributed by atoms with van der Waals surface area (Å²) in [5.41, 5.74) is 4.22. The quantitative estimate of drug-likeness (QED) is 0.642. The summed E-state index contributed by atoms with van der Waals surface area (Å²) in [6.45, 7) is 2.06. The van der Waals surface area contributed by atoms with Crippen molar-refractivity contribution >= 4 is 11.8 Å². The molecule has 0 radical (unpaired) electrons. The lowest BCUT2D eigenvalue weighted by Gasteiger charge is -2.03. The van der Waals surface area contributed by atoms with Gasteiger partial charge in [0.1, 0.15) is 10.8 Å². The number of hydrogen-bond acceptors (Lipinski definition) is 3. The number of nitrogens with zero attached hydrogens (tertiary/aromatic N) is 2. The molecule has 0 unspecified atom stereocenters. The predicted molar refractivity (Wildman–Crippen MR) is 88.2 cm³/mol. The Balaban J connectivity index is 1.66. The maximum absolute atomic E-state index is 12.9. The average molecular weight is 310 g/mol. The van der Waals surface area contributed by atoms with Gasteiger partial charge in [-0.1, -0.05) is 53.7 Å². The van der Waals surface area contributed by atoms with Crippen LogP contribution in [0.4, 0.5) is 4.39 Å². The molecule has 3 aromatic rings. The molecule has 3 rings (SSSR count). The molecule has 2 aromatic carbocycles. The van der Waals surface area contributed by atoms with E-state index < -0.39 is 0 Å². The van der Waals surface area contributed by atoms with Gasteiger partial charge in [-0.15, -0.1) is 10.2 Å². The van der Waals surface area contributed by atoms with E-state index in [-0.39, 0.29) is 5.82 Å². The lowest BCUT2D eigenvalue weighted by molar-refractivity contribution is 0.627. The van der Waals surface area contributed by atoms with Crippen molar-refractivity contribution in [3.05, 3.63) is 77.6 Å². The minimum Gasteiger partial charge on any atom is -0.207 e. The molecular formula is C18H15FN2S. The molecule has 0 aliphatic heterocycles. The van der Waals surface area contributed by atoms with E-state index in [0.717, 1.165) is 27.6 Å². The second-order valence-electron chi connectivity index (χ2n) is 5.04. The first-order chi connectivity index (χ1) is 10.7. The van der Waals surface area contributed by atoms with Gasteiger partial charge in [0, 0.05) is 11.3 Å². The number of halogens is 1. The Hall–Kier alpha value is -2.20. The van der Waals surface area contributed by atoms with Crippen molar-refractivity contribution in [1.29, 1.82) is 0 Å². The van der Waals surface area contributed by atoms with Crippen LogP contribution in [0, 0.1) is 12.7 Å². The molecule has 0 spiro atoms. The summed E-state index contributed by atoms with van der Waals surface area (Å²) in [6.07, 6.45) is 0. The Morgan fingerprint density at radius 2 is 1.59 bits per heavy atom. The molecule has 0 fully saturated rings. The SMILES string of the molecule is Cc1ccc(-c2ccc(SCc3ccc(F)cc3)nn2)cc1. The Bertz CT molecular complexity index is 738. The van der Waals surface area contributed by atoms with Crippen LogP contribution in [0.5, 0.6) is 0 Å². The lowest BCUT2D eigenvalue weighted by atomic mass is 10.1. The number of aryl methyl sites for hydroxylation is 1. The van der Waals surface area contributed by atoms with Crippen molar-refractivity contribution in [2.75, 3.05) is 0 Å². The molecule has 1 heterocycles. The van der Waals surface area contributed by atoms with Gasteiger partial charge < -0.3 is 0 Å². The van der Waals surface area contributed by atoms with Crippen molar-refractivity contribution in [1.82, 2.24) is 10.2 Å². The van der Waals surface area contributed by atoms with Crippen molar-refractivity contribution in [2.24, 2.45) is 0 Å². The predicted octanol–water partition coefficient (Wildman–Crippen LogP) is 4.88. The monoisotopic (exact) mass is 310 g/mol. The summed E-state index contributed by atoms with van der Waals surface area (Å²) in [4.78, 5) is 0. The molecule has 0 amide bonds. The summed E-state index contributed by atoms with van der Waals surface area (Å²) >= 11 is 1.59. The Labute approximate surface area is 133 Å². The number of rotatable bonds is 4. The maximum atomic E-state index is 12.9. The fraction of sp³-hybridized carbons (Fsp3) is 0.111. The first-order valence-corrected chi connectivity index (χ1v) is 7.97. The van der Waals surface area contributed by atoms with E-state index in [1.807, 2.05) is 24.3 Å². The first kappa shape index (κ1) is 14.7. The van der Waals surface area contributed by atoms with Crippen LogP contribution >= 0.6 is 11.8 Å². The minimum absolute atomic E-state index is 0.212. The highest BCUT2D eigenvalue weighted by Crippen LogP contribution is 2.23. The highest BCUT2D eigenvalue weighted by atomic mass is 32.2. The zero-order valence-electron chi connectivity index (χ0n) is 12.2. The smallest absolute Gasteiger partial charge is 0.123 e. The fourth-order valence-electron chi connectivity index (χ4n) is 2.01. The van der Waals surface area contributed by atoms with E-state index in [4.69, 9.17) is 0 Å². The summed E-state index contributed by atoms with van der Waals surface area (Å²) in [5.74, 6) is 0.537. The molecule has 22 heavy (non-hydrogen) atoms. The standard InChI is InChI=1S/C18H15FN2S/c1-13-2-6-15(7-3-13)17-10-11-18(21-20-17)22-12-14-4-8-16(19)9-5-14/h2-11H,12H2,1H3. The summed E-state index contributed by atoms with van der Waals surface area (Å²) in [7, 11) is 0. The van der Waals surface area contributed by atoms with Crippen LogP contribution in [-0.2, 0) is 5.75 Å². The van der Waals surface area contributed by atoms with Crippen LogP contribution in [0.1, 0.15) is 11.1 Å². The molecular weight excluding hydrogens is 295 g/mol. The van der Waals surface area contributed by atoms with E-state index in [2.05, 4.69) is 29.3 Å². The molecule has 4 heteroatoms. The van der Waals surface area contributed by atoms with E-state index in [1.54, 1.807) is 23.9 Å². The first-order valence-electron chi connectivity index (χ1n) is 6.99. The number of hydrogen-bond donors (Lipinski definition) is 0. The van der Waals surface area contributed by atoms with Gasteiger partial charge >= 0.3 is 0 Å². The van der Waals surface area contributed by atoms with Crippen molar-refractivity contribution in [3.8, 4) is 11.3 Å². The van der Waals surface area contributed by atoms with Crippen LogP contribution < -0.4 is 0 Å². The largest absolute Gasteiger partial charge is 0.207 e. The minimum atomic E-state index is -0.212. The third-order valence-electron chi connectivity index (χ3n) is 3.29. The van der Waals surface area contributed by atoms with Crippen molar-refractivity contribution in [3.63, 3.8) is 0 Å². The van der Waals surface area contributed by atoms with Crippen LogP contribution in [0.3, 0.4) is 0 Å². The van der Waals surface area contributed by atoms with Crippen LogP contribution in [0.15, 0.2) is 65.7 Å². The number of aromatic nitrogens is 2. The zero-order valence-corrected chi connectivity index (χ0v) is 13.0. The van der Waals surface area contributed by atoms with Gasteiger partial charge in [0.15, 0.2) is 0 Å². The van der Waals surface area contributed by atoms with Gasteiger partial charge in [0.05, 0.1) is 5.69 Å². The van der Waals surface area contributed by atoms with Gasteiger partial charge in [-0.05, 0) is 36.8 Å². The van der Waals surface area contributed by atoms with E-state index in [1.165, 1.54) is 17.7 Å². The van der Waals surface area contributed by atoms with E-state index in [0.29, 0.717) is 0 Å². The van der Waals surface area contributed by atoms with Crippen LogP contribution in [-0.4, -0.2) is 10.2 Å². The molecule has 2 nitrogen and oxygen atoms in total. The highest BCUT2D eigenvalue weighted by Gasteiger charge is 2.02. The topological polar surface area (TPSA) is 25.8 Å². The Morgan fingerprint density at radius 1 is 0.864 bits per heavy atom. The molecule has 110 valence electrons. The molecule has 0 N–H and O–H groups in total. The fourth-order valence-corrected chi connectivity index (χ4v) is 2.78. The van der Waals surface area contributed by atoms with Crippen LogP contribution in [0.25, 0.3) is 11.3 Å². The van der Waals surface area contributed by atoms with E-state index in [9.17, 15) is 4.39 Å². The molecule has 0 saturated heterocycles. The molecule has 0 atom stereocenters. The molecule has 0 aliphatic rings. The second-order valence-corrected chi connectivity index (χ2v) is 6.03.